The van der Waals surface area contributed by atoms with Crippen molar-refractivity contribution in [3.05, 3.63) is 28.2 Å². The van der Waals surface area contributed by atoms with Crippen LogP contribution in [0.3, 0.4) is 0 Å². The molecule has 1 aromatic carbocycles. The van der Waals surface area contributed by atoms with Crippen LogP contribution in [-0.2, 0) is 0 Å². The Morgan fingerprint density at radius 3 is 2.72 bits per heavy atom. The number of hydrogen-bond donors (Lipinski definition) is 1. The molecule has 1 atom stereocenters. The van der Waals surface area contributed by atoms with E-state index in [4.69, 9.17) is 4.74 Å². The summed E-state index contributed by atoms with van der Waals surface area (Å²) in [5.74, 6) is 0.987. The summed E-state index contributed by atoms with van der Waals surface area (Å²) in [7, 11) is 0. The fourth-order valence-corrected chi connectivity index (χ4v) is 3.25. The Balaban J connectivity index is 2.04. The largest absolute Gasteiger partial charge is 0.490 e. The third-order valence-electron chi connectivity index (χ3n) is 3.55. The first-order valence-corrected chi connectivity index (χ1v) is 7.69. The number of ether oxygens (including phenoxy) is 1. The predicted molar refractivity (Wildman–Crippen MR) is 79.1 cm³/mol. The van der Waals surface area contributed by atoms with Gasteiger partial charge in [-0.2, -0.15) is 0 Å². The van der Waals surface area contributed by atoms with Crippen LogP contribution in [0.25, 0.3) is 0 Å². The average molecular weight is 312 g/mol. The van der Waals surface area contributed by atoms with Gasteiger partial charge in [-0.3, -0.25) is 0 Å². The fourth-order valence-electron chi connectivity index (χ4n) is 2.55. The molecule has 1 unspecified atom stereocenters. The second-order valence-electron chi connectivity index (χ2n) is 4.99. The lowest BCUT2D eigenvalue weighted by Crippen LogP contribution is -2.18. The van der Waals surface area contributed by atoms with Crippen molar-refractivity contribution in [2.45, 2.75) is 51.7 Å². The maximum absolute atomic E-state index is 6.00. The van der Waals surface area contributed by atoms with Crippen molar-refractivity contribution < 1.29 is 4.74 Å². The summed E-state index contributed by atoms with van der Waals surface area (Å²) >= 11 is 3.65. The van der Waals surface area contributed by atoms with Crippen LogP contribution < -0.4 is 10.1 Å². The van der Waals surface area contributed by atoms with E-state index in [1.165, 1.54) is 31.2 Å². The molecule has 0 aliphatic heterocycles. The van der Waals surface area contributed by atoms with Crippen molar-refractivity contribution in [2.75, 3.05) is 6.54 Å². The maximum atomic E-state index is 6.00. The Morgan fingerprint density at radius 1 is 1.39 bits per heavy atom. The van der Waals surface area contributed by atoms with E-state index in [1.54, 1.807) is 0 Å². The molecule has 0 bridgehead atoms. The van der Waals surface area contributed by atoms with E-state index < -0.39 is 0 Å². The Labute approximate surface area is 118 Å². The van der Waals surface area contributed by atoms with E-state index >= 15 is 0 Å². The van der Waals surface area contributed by atoms with Crippen LogP contribution >= 0.6 is 15.9 Å². The molecule has 0 spiro atoms. The normalized spacial score (nSPS) is 17.9. The summed E-state index contributed by atoms with van der Waals surface area (Å²) in [6, 6.07) is 6.71. The van der Waals surface area contributed by atoms with Gasteiger partial charge in [-0.25, -0.2) is 0 Å². The Bertz CT molecular complexity index is 388. The molecule has 1 aliphatic carbocycles. The number of nitrogens with one attached hydrogen (secondary N) is 1. The summed E-state index contributed by atoms with van der Waals surface area (Å²) in [5.41, 5.74) is 1.29. The molecule has 1 aromatic rings. The Morgan fingerprint density at radius 2 is 2.11 bits per heavy atom. The van der Waals surface area contributed by atoms with Gasteiger partial charge in [0.2, 0.25) is 0 Å². The van der Waals surface area contributed by atoms with Crippen molar-refractivity contribution in [1.29, 1.82) is 0 Å². The highest BCUT2D eigenvalue weighted by molar-refractivity contribution is 9.10. The highest BCUT2D eigenvalue weighted by Gasteiger charge is 2.17. The Kier molecular flexibility index (Phi) is 5.07. The first-order chi connectivity index (χ1) is 8.70. The molecule has 0 saturated heterocycles. The third-order valence-corrected chi connectivity index (χ3v) is 4.24. The SMILES string of the molecule is CCNC(C)c1ccc(OC2CCCC2)cc1Br. The minimum Gasteiger partial charge on any atom is -0.490 e. The molecule has 18 heavy (non-hydrogen) atoms. The van der Waals surface area contributed by atoms with Gasteiger partial charge in [0.25, 0.3) is 0 Å². The molecule has 1 aliphatic rings. The van der Waals surface area contributed by atoms with E-state index in [0.717, 1.165) is 16.8 Å². The van der Waals surface area contributed by atoms with Crippen molar-refractivity contribution in [2.24, 2.45) is 0 Å². The van der Waals surface area contributed by atoms with Gasteiger partial charge in [0.15, 0.2) is 0 Å². The zero-order chi connectivity index (χ0) is 13.0. The summed E-state index contributed by atoms with van der Waals surface area (Å²) in [6.07, 6.45) is 5.44. The van der Waals surface area contributed by atoms with Crippen molar-refractivity contribution in [1.82, 2.24) is 5.32 Å². The number of halogens is 1. The standard InChI is InChI=1S/C15H22BrNO/c1-3-17-11(2)14-9-8-13(10-15(14)16)18-12-6-4-5-7-12/h8-12,17H,3-7H2,1-2H3. The van der Waals surface area contributed by atoms with Gasteiger partial charge >= 0.3 is 0 Å². The van der Waals surface area contributed by atoms with Gasteiger partial charge < -0.3 is 10.1 Å². The lowest BCUT2D eigenvalue weighted by Gasteiger charge is -2.17. The van der Waals surface area contributed by atoms with Crippen molar-refractivity contribution in [3.8, 4) is 5.75 Å². The van der Waals surface area contributed by atoms with E-state index in [9.17, 15) is 0 Å². The third kappa shape index (κ3) is 3.48. The summed E-state index contributed by atoms with van der Waals surface area (Å²) in [6.45, 7) is 5.29. The molecule has 3 heteroatoms. The number of rotatable bonds is 5. The van der Waals surface area contributed by atoms with Crippen LogP contribution in [0.4, 0.5) is 0 Å². The Hall–Kier alpha value is -0.540. The molecule has 2 nitrogen and oxygen atoms in total. The molecule has 0 radical (unpaired) electrons. The van der Waals surface area contributed by atoms with Crippen LogP contribution in [0.1, 0.15) is 51.1 Å². The number of hydrogen-bond acceptors (Lipinski definition) is 2. The fraction of sp³-hybridized carbons (Fsp3) is 0.600. The van der Waals surface area contributed by atoms with Crippen LogP contribution in [0.5, 0.6) is 5.75 Å². The topological polar surface area (TPSA) is 21.3 Å². The lowest BCUT2D eigenvalue weighted by molar-refractivity contribution is 0.210. The zero-order valence-electron chi connectivity index (χ0n) is 11.2. The summed E-state index contributed by atoms with van der Waals surface area (Å²) in [5, 5.41) is 3.42. The smallest absolute Gasteiger partial charge is 0.120 e. The van der Waals surface area contributed by atoms with Gasteiger partial charge in [-0.1, -0.05) is 28.9 Å². The van der Waals surface area contributed by atoms with Gasteiger partial charge in [-0.15, -0.1) is 0 Å². The predicted octanol–water partition coefficient (Wildman–Crippen LogP) is 4.44. The average Bonchev–Trinajstić information content (AvgIpc) is 2.82. The number of benzene rings is 1. The quantitative estimate of drug-likeness (QED) is 0.868. The van der Waals surface area contributed by atoms with Crippen LogP contribution in [0.15, 0.2) is 22.7 Å². The zero-order valence-corrected chi connectivity index (χ0v) is 12.8. The minimum absolute atomic E-state index is 0.366. The lowest BCUT2D eigenvalue weighted by atomic mass is 10.1. The van der Waals surface area contributed by atoms with E-state index in [1.807, 2.05) is 0 Å². The minimum atomic E-state index is 0.366. The second-order valence-corrected chi connectivity index (χ2v) is 5.84. The van der Waals surface area contributed by atoms with Gasteiger partial charge in [0.05, 0.1) is 6.10 Å². The molecular formula is C15H22BrNO. The molecule has 2 rings (SSSR count). The van der Waals surface area contributed by atoms with E-state index in [-0.39, 0.29) is 0 Å². The van der Waals surface area contributed by atoms with Gasteiger partial charge in [-0.05, 0) is 56.8 Å². The molecule has 0 amide bonds. The molecule has 0 aromatic heterocycles. The van der Waals surface area contributed by atoms with E-state index in [0.29, 0.717) is 12.1 Å². The van der Waals surface area contributed by atoms with Crippen LogP contribution in [0.2, 0.25) is 0 Å². The van der Waals surface area contributed by atoms with Crippen molar-refractivity contribution >= 4 is 15.9 Å². The van der Waals surface area contributed by atoms with Gasteiger partial charge in [0.1, 0.15) is 5.75 Å². The summed E-state index contributed by atoms with van der Waals surface area (Å²) in [4.78, 5) is 0. The van der Waals surface area contributed by atoms with Crippen molar-refractivity contribution in [3.63, 3.8) is 0 Å². The van der Waals surface area contributed by atoms with Crippen LogP contribution in [0, 0.1) is 0 Å². The highest BCUT2D eigenvalue weighted by atomic mass is 79.9. The highest BCUT2D eigenvalue weighted by Crippen LogP contribution is 2.30. The first-order valence-electron chi connectivity index (χ1n) is 6.90. The first kappa shape index (κ1) is 13.9. The molecule has 0 heterocycles. The van der Waals surface area contributed by atoms with Gasteiger partial charge in [0, 0.05) is 10.5 Å². The van der Waals surface area contributed by atoms with Crippen LogP contribution in [-0.4, -0.2) is 12.6 Å². The molecule has 100 valence electrons. The molecule has 1 saturated carbocycles. The summed E-state index contributed by atoms with van der Waals surface area (Å²) < 4.78 is 7.13. The molecule has 1 N–H and O–H groups in total. The molecular weight excluding hydrogens is 290 g/mol. The second kappa shape index (κ2) is 6.58. The van der Waals surface area contributed by atoms with E-state index in [2.05, 4.69) is 53.3 Å². The maximum Gasteiger partial charge on any atom is 0.120 e. The molecule has 1 fully saturated rings. The monoisotopic (exact) mass is 311 g/mol.